The van der Waals surface area contributed by atoms with Gasteiger partial charge in [0.2, 0.25) is 5.91 Å². The summed E-state index contributed by atoms with van der Waals surface area (Å²) in [5.41, 5.74) is -0.409. The van der Waals surface area contributed by atoms with E-state index in [1.54, 1.807) is 17.9 Å². The third-order valence-corrected chi connectivity index (χ3v) is 9.47. The monoisotopic (exact) mass is 555 g/mol. The van der Waals surface area contributed by atoms with Crippen molar-refractivity contribution < 1.29 is 29.0 Å². The Hall–Kier alpha value is -2.91. The Labute approximate surface area is 238 Å². The molecule has 2 amide bonds. The quantitative estimate of drug-likeness (QED) is 0.312. The molecule has 3 unspecified atom stereocenters. The van der Waals surface area contributed by atoms with Gasteiger partial charge in [-0.15, -0.1) is 6.58 Å². The summed E-state index contributed by atoms with van der Waals surface area (Å²) >= 11 is 0. The van der Waals surface area contributed by atoms with E-state index in [9.17, 15) is 19.5 Å². The van der Waals surface area contributed by atoms with Crippen molar-refractivity contribution in [1.82, 2.24) is 4.90 Å². The number of hydrogen-bond donors (Lipinski definition) is 1. The zero-order chi connectivity index (χ0) is 29.4. The number of amides is 2. The molecule has 0 aromatic heterocycles. The highest BCUT2D eigenvalue weighted by molar-refractivity contribution is 6.05. The maximum absolute atomic E-state index is 14.7. The van der Waals surface area contributed by atoms with Crippen LogP contribution in [0.5, 0.6) is 0 Å². The van der Waals surface area contributed by atoms with Crippen LogP contribution in [0.4, 0.5) is 11.4 Å². The van der Waals surface area contributed by atoms with Gasteiger partial charge in [0.1, 0.15) is 17.6 Å². The number of carbonyl (C=O) groups excluding carboxylic acids is 3. The fraction of sp³-hybridized carbons (Fsp3) is 0.645. The normalized spacial score (nSPS) is 31.2. The molecular weight excluding hydrogens is 510 g/mol. The van der Waals surface area contributed by atoms with Crippen molar-refractivity contribution in [3.05, 3.63) is 36.9 Å². The molecule has 4 rings (SSSR count). The minimum Gasteiger partial charge on any atom is -0.466 e. The Morgan fingerprint density at radius 3 is 2.35 bits per heavy atom. The SMILES string of the molecule is C=CCN(C(=O)C1N([C@@H](CC)CO)C(=O)[C@@H]2[C@H](C(=O)OCC)[C@@]3(C)OC12CC3C)c1ccc(N(CC)CC)cc1. The summed E-state index contributed by atoms with van der Waals surface area (Å²) in [5, 5.41) is 10.3. The molecule has 7 atom stereocenters. The van der Waals surface area contributed by atoms with Crippen LogP contribution in [0.25, 0.3) is 0 Å². The predicted molar refractivity (Wildman–Crippen MR) is 154 cm³/mol. The molecule has 1 N–H and O–H groups in total. The first-order chi connectivity index (χ1) is 19.1. The number of esters is 1. The highest BCUT2D eigenvalue weighted by atomic mass is 16.6. The first-order valence-corrected chi connectivity index (χ1v) is 14.7. The van der Waals surface area contributed by atoms with Gasteiger partial charge in [-0.2, -0.15) is 0 Å². The standard InChI is InChI=1S/C31H45N3O6/c1-8-17-33(23-15-13-22(14-16-23)32(10-3)11-4)28(37)26-31-18-20(6)30(7,40-31)25(29(38)39-12-5)24(31)27(36)34(26)21(9-2)19-35/h8,13-16,20-21,24-26,35H,1,9-12,17-19H2,2-7H3/t20?,21-,24-,25+,26?,30-,31?/m0/s1. The first kappa shape index (κ1) is 30.1. The van der Waals surface area contributed by atoms with Crippen molar-refractivity contribution in [2.75, 3.05) is 42.6 Å². The van der Waals surface area contributed by atoms with Crippen LogP contribution in [-0.4, -0.2) is 83.9 Å². The fourth-order valence-corrected chi connectivity index (χ4v) is 7.38. The molecule has 40 heavy (non-hydrogen) atoms. The lowest BCUT2D eigenvalue weighted by molar-refractivity contribution is -0.162. The second-order valence-corrected chi connectivity index (χ2v) is 11.4. The highest BCUT2D eigenvalue weighted by Crippen LogP contribution is 2.65. The van der Waals surface area contributed by atoms with E-state index in [0.29, 0.717) is 18.5 Å². The summed E-state index contributed by atoms with van der Waals surface area (Å²) in [6.45, 7) is 17.4. The largest absolute Gasteiger partial charge is 0.466 e. The highest BCUT2D eigenvalue weighted by Gasteiger charge is 2.80. The van der Waals surface area contributed by atoms with Gasteiger partial charge < -0.3 is 29.3 Å². The minimum atomic E-state index is -1.21. The van der Waals surface area contributed by atoms with Crippen molar-refractivity contribution in [2.24, 2.45) is 17.8 Å². The zero-order valence-electron chi connectivity index (χ0n) is 24.8. The van der Waals surface area contributed by atoms with Crippen LogP contribution in [0.2, 0.25) is 0 Å². The van der Waals surface area contributed by atoms with Crippen molar-refractivity contribution in [2.45, 2.75) is 77.7 Å². The van der Waals surface area contributed by atoms with Crippen LogP contribution in [0, 0.1) is 17.8 Å². The molecule has 0 aliphatic carbocycles. The number of anilines is 2. The number of aliphatic hydroxyl groups is 1. The summed E-state index contributed by atoms with van der Waals surface area (Å²) in [7, 11) is 0. The Morgan fingerprint density at radius 1 is 1.20 bits per heavy atom. The van der Waals surface area contributed by atoms with Crippen molar-refractivity contribution in [3.8, 4) is 0 Å². The van der Waals surface area contributed by atoms with Crippen LogP contribution < -0.4 is 9.80 Å². The van der Waals surface area contributed by atoms with Crippen LogP contribution in [-0.2, 0) is 23.9 Å². The van der Waals surface area contributed by atoms with E-state index in [0.717, 1.165) is 18.8 Å². The number of nitrogens with zero attached hydrogens (tertiary/aromatic N) is 3. The van der Waals surface area contributed by atoms with Crippen molar-refractivity contribution in [3.63, 3.8) is 0 Å². The lowest BCUT2D eigenvalue weighted by Crippen LogP contribution is -2.59. The topological polar surface area (TPSA) is 99.6 Å². The molecule has 3 fully saturated rings. The Bertz CT molecular complexity index is 1120. The van der Waals surface area contributed by atoms with Gasteiger partial charge in [-0.05, 0) is 70.7 Å². The molecule has 9 heteroatoms. The van der Waals surface area contributed by atoms with Crippen molar-refractivity contribution in [1.29, 1.82) is 0 Å². The number of hydrogen-bond acceptors (Lipinski definition) is 7. The summed E-state index contributed by atoms with van der Waals surface area (Å²) in [6.07, 6.45) is 2.56. The molecule has 3 saturated heterocycles. The van der Waals surface area contributed by atoms with Crippen molar-refractivity contribution >= 4 is 29.2 Å². The van der Waals surface area contributed by atoms with Crippen LogP contribution in [0.15, 0.2) is 36.9 Å². The molecule has 3 aliphatic heterocycles. The molecule has 1 aromatic carbocycles. The number of likely N-dealkylation sites (tertiary alicyclic amines) is 1. The fourth-order valence-electron chi connectivity index (χ4n) is 7.38. The number of carbonyl (C=O) groups is 3. The summed E-state index contributed by atoms with van der Waals surface area (Å²) in [4.78, 5) is 47.6. The van der Waals surface area contributed by atoms with E-state index >= 15 is 0 Å². The summed E-state index contributed by atoms with van der Waals surface area (Å²) in [5.74, 6) is -2.89. The predicted octanol–water partition coefficient (Wildman–Crippen LogP) is 3.40. The van der Waals surface area contributed by atoms with Gasteiger partial charge in [0.25, 0.3) is 5.91 Å². The number of rotatable bonds is 12. The molecule has 3 aliphatic rings. The number of benzene rings is 1. The molecule has 1 spiro atoms. The van der Waals surface area contributed by atoms with Gasteiger partial charge in [0.05, 0.1) is 30.8 Å². The molecule has 0 saturated carbocycles. The second-order valence-electron chi connectivity index (χ2n) is 11.4. The molecular formula is C31H45N3O6. The van der Waals surface area contributed by atoms with Crippen LogP contribution in [0.3, 0.4) is 0 Å². The third-order valence-electron chi connectivity index (χ3n) is 9.47. The van der Waals surface area contributed by atoms with E-state index in [1.165, 1.54) is 4.90 Å². The summed E-state index contributed by atoms with van der Waals surface area (Å²) in [6, 6.07) is 6.20. The van der Waals surface area contributed by atoms with E-state index in [4.69, 9.17) is 9.47 Å². The Balaban J connectivity index is 1.82. The molecule has 220 valence electrons. The maximum Gasteiger partial charge on any atom is 0.312 e. The van der Waals surface area contributed by atoms with Crippen LogP contribution in [0.1, 0.15) is 54.4 Å². The average Bonchev–Trinajstić information content (AvgIpc) is 3.46. The van der Waals surface area contributed by atoms with E-state index in [-0.39, 0.29) is 37.5 Å². The number of fused-ring (bicyclic) bond motifs is 1. The molecule has 2 bridgehead atoms. The van der Waals surface area contributed by atoms with Crippen LogP contribution >= 0.6 is 0 Å². The van der Waals surface area contributed by atoms with Gasteiger partial charge in [-0.25, -0.2) is 0 Å². The first-order valence-electron chi connectivity index (χ1n) is 14.7. The maximum atomic E-state index is 14.7. The number of aliphatic hydroxyl groups excluding tert-OH is 1. The second kappa shape index (κ2) is 11.5. The molecule has 9 nitrogen and oxygen atoms in total. The lowest BCUT2D eigenvalue weighted by atomic mass is 9.62. The number of ether oxygens (including phenoxy) is 2. The molecule has 1 aromatic rings. The van der Waals surface area contributed by atoms with E-state index in [1.807, 2.05) is 45.0 Å². The third kappa shape index (κ3) is 4.42. The lowest BCUT2D eigenvalue weighted by Gasteiger charge is -2.39. The summed E-state index contributed by atoms with van der Waals surface area (Å²) < 4.78 is 12.2. The average molecular weight is 556 g/mol. The molecule has 3 heterocycles. The minimum absolute atomic E-state index is 0.0865. The van der Waals surface area contributed by atoms with E-state index in [2.05, 4.69) is 25.3 Å². The smallest absolute Gasteiger partial charge is 0.312 e. The van der Waals surface area contributed by atoms with Gasteiger partial charge in [0.15, 0.2) is 0 Å². The van der Waals surface area contributed by atoms with Gasteiger partial charge in [-0.1, -0.05) is 19.9 Å². The van der Waals surface area contributed by atoms with Gasteiger partial charge in [0, 0.05) is 31.0 Å². The zero-order valence-corrected chi connectivity index (χ0v) is 24.8. The van der Waals surface area contributed by atoms with Gasteiger partial charge in [-0.3, -0.25) is 14.4 Å². The van der Waals surface area contributed by atoms with Gasteiger partial charge >= 0.3 is 5.97 Å². The molecule has 0 radical (unpaired) electrons. The Kier molecular flexibility index (Phi) is 8.66. The van der Waals surface area contributed by atoms with E-state index < -0.39 is 41.1 Å². The Morgan fingerprint density at radius 2 is 1.82 bits per heavy atom.